The van der Waals surface area contributed by atoms with Gasteiger partial charge in [-0.05, 0) is 24.5 Å². The summed E-state index contributed by atoms with van der Waals surface area (Å²) in [7, 11) is 0. The smallest absolute Gasteiger partial charge is 0.240 e. The number of hydrogen-bond acceptors (Lipinski definition) is 3. The Morgan fingerprint density at radius 1 is 1.50 bits per heavy atom. The van der Waals surface area contributed by atoms with Gasteiger partial charge in [-0.15, -0.1) is 12.4 Å². The SMILES string of the molecule is CCCC(C)(N)C(=O)N[C@H]1c2ccccc2C[C@H]1O.Cl. The molecule has 0 fully saturated rings. The summed E-state index contributed by atoms with van der Waals surface area (Å²) in [4.78, 5) is 12.2. The number of nitrogens with one attached hydrogen (secondary N) is 1. The minimum atomic E-state index is -0.883. The van der Waals surface area contributed by atoms with Crippen molar-refractivity contribution in [1.29, 1.82) is 0 Å². The molecule has 2 rings (SSSR count). The maximum atomic E-state index is 12.2. The molecule has 20 heavy (non-hydrogen) atoms. The van der Waals surface area contributed by atoms with E-state index in [9.17, 15) is 9.90 Å². The number of carbonyl (C=O) groups is 1. The van der Waals surface area contributed by atoms with Crippen molar-refractivity contribution in [3.8, 4) is 0 Å². The molecule has 1 aliphatic rings. The van der Waals surface area contributed by atoms with E-state index in [0.29, 0.717) is 12.8 Å². The average Bonchev–Trinajstić information content (AvgIpc) is 2.66. The van der Waals surface area contributed by atoms with E-state index in [4.69, 9.17) is 5.73 Å². The standard InChI is InChI=1S/C15H22N2O2.ClH/c1-3-8-15(2,16)14(19)17-13-11-7-5-4-6-10(11)9-12(13)18;/h4-7,12-13,18H,3,8-9,16H2,1-2H3,(H,17,19);1H/t12-,13+,15?;/m1./s1. The van der Waals surface area contributed by atoms with E-state index in [1.54, 1.807) is 6.92 Å². The molecule has 0 saturated heterocycles. The Kier molecular flexibility index (Phi) is 5.57. The quantitative estimate of drug-likeness (QED) is 0.792. The number of aliphatic hydroxyl groups is 1. The van der Waals surface area contributed by atoms with Crippen molar-refractivity contribution in [3.05, 3.63) is 35.4 Å². The molecular weight excluding hydrogens is 276 g/mol. The van der Waals surface area contributed by atoms with Gasteiger partial charge in [0.25, 0.3) is 0 Å². The van der Waals surface area contributed by atoms with E-state index in [-0.39, 0.29) is 24.4 Å². The Labute approximate surface area is 126 Å². The van der Waals surface area contributed by atoms with Gasteiger partial charge in [0, 0.05) is 6.42 Å². The Bertz CT molecular complexity index is 477. The third kappa shape index (κ3) is 3.32. The fourth-order valence-corrected chi connectivity index (χ4v) is 2.69. The van der Waals surface area contributed by atoms with E-state index in [1.165, 1.54) is 0 Å². The minimum absolute atomic E-state index is 0. The summed E-state index contributed by atoms with van der Waals surface area (Å²) < 4.78 is 0. The number of nitrogens with two attached hydrogens (primary N) is 1. The van der Waals surface area contributed by atoms with Crippen molar-refractivity contribution in [1.82, 2.24) is 5.32 Å². The Hall–Kier alpha value is -1.10. The second-order valence-corrected chi connectivity index (χ2v) is 5.59. The van der Waals surface area contributed by atoms with Gasteiger partial charge in [-0.25, -0.2) is 0 Å². The summed E-state index contributed by atoms with van der Waals surface area (Å²) in [6, 6.07) is 7.45. The molecule has 1 aliphatic carbocycles. The molecule has 1 aromatic carbocycles. The third-order valence-corrected chi connectivity index (χ3v) is 3.78. The van der Waals surface area contributed by atoms with Gasteiger partial charge in [0.1, 0.15) is 0 Å². The molecule has 4 nitrogen and oxygen atoms in total. The highest BCUT2D eigenvalue weighted by Crippen LogP contribution is 2.31. The first-order valence-electron chi connectivity index (χ1n) is 6.81. The van der Waals surface area contributed by atoms with Crippen LogP contribution in [-0.2, 0) is 11.2 Å². The monoisotopic (exact) mass is 298 g/mol. The molecule has 0 aromatic heterocycles. The van der Waals surface area contributed by atoms with Crippen LogP contribution in [0.3, 0.4) is 0 Å². The maximum Gasteiger partial charge on any atom is 0.240 e. The summed E-state index contributed by atoms with van der Waals surface area (Å²) in [5.74, 6) is -0.199. The Morgan fingerprint density at radius 2 is 2.15 bits per heavy atom. The van der Waals surface area contributed by atoms with Crippen LogP contribution in [0.2, 0.25) is 0 Å². The molecule has 3 atom stereocenters. The van der Waals surface area contributed by atoms with Crippen LogP contribution in [0.4, 0.5) is 0 Å². The zero-order valence-electron chi connectivity index (χ0n) is 11.9. The van der Waals surface area contributed by atoms with Crippen molar-refractivity contribution >= 4 is 18.3 Å². The molecule has 0 radical (unpaired) electrons. The Morgan fingerprint density at radius 3 is 2.80 bits per heavy atom. The highest BCUT2D eigenvalue weighted by Gasteiger charge is 2.35. The first-order valence-corrected chi connectivity index (χ1v) is 6.81. The maximum absolute atomic E-state index is 12.2. The first kappa shape index (κ1) is 17.0. The number of hydrogen-bond donors (Lipinski definition) is 3. The fraction of sp³-hybridized carbons (Fsp3) is 0.533. The molecule has 0 bridgehead atoms. The van der Waals surface area contributed by atoms with Crippen LogP contribution in [0, 0.1) is 0 Å². The van der Waals surface area contributed by atoms with Crippen LogP contribution >= 0.6 is 12.4 Å². The molecule has 1 aromatic rings. The third-order valence-electron chi connectivity index (χ3n) is 3.78. The summed E-state index contributed by atoms with van der Waals surface area (Å²) in [5.41, 5.74) is 7.23. The van der Waals surface area contributed by atoms with Gasteiger partial charge in [0.05, 0.1) is 17.7 Å². The van der Waals surface area contributed by atoms with Gasteiger partial charge in [-0.1, -0.05) is 37.6 Å². The molecular formula is C15H23ClN2O2. The largest absolute Gasteiger partial charge is 0.390 e. The fourth-order valence-electron chi connectivity index (χ4n) is 2.69. The van der Waals surface area contributed by atoms with Gasteiger partial charge in [0.2, 0.25) is 5.91 Å². The normalized spacial score (nSPS) is 23.4. The second kappa shape index (κ2) is 6.57. The number of fused-ring (bicyclic) bond motifs is 1. The molecule has 1 amide bonds. The lowest BCUT2D eigenvalue weighted by Crippen LogP contribution is -2.53. The number of carbonyl (C=O) groups excluding carboxylic acids is 1. The van der Waals surface area contributed by atoms with E-state index in [2.05, 4.69) is 5.32 Å². The van der Waals surface area contributed by atoms with E-state index >= 15 is 0 Å². The molecule has 4 N–H and O–H groups in total. The zero-order chi connectivity index (χ0) is 14.0. The van der Waals surface area contributed by atoms with Crippen LogP contribution in [-0.4, -0.2) is 22.7 Å². The van der Waals surface area contributed by atoms with Gasteiger partial charge >= 0.3 is 0 Å². The highest BCUT2D eigenvalue weighted by atomic mass is 35.5. The van der Waals surface area contributed by atoms with Gasteiger partial charge < -0.3 is 16.2 Å². The predicted octanol–water partition coefficient (Wildman–Crippen LogP) is 1.70. The molecule has 5 heteroatoms. The Balaban J connectivity index is 0.00000200. The number of amides is 1. The highest BCUT2D eigenvalue weighted by molar-refractivity contribution is 5.86. The van der Waals surface area contributed by atoms with Crippen LogP contribution in [0.5, 0.6) is 0 Å². The molecule has 0 spiro atoms. The lowest BCUT2D eigenvalue weighted by Gasteiger charge is -2.27. The zero-order valence-corrected chi connectivity index (χ0v) is 12.7. The van der Waals surface area contributed by atoms with Crippen molar-refractivity contribution in [2.45, 2.75) is 50.8 Å². The molecule has 1 unspecified atom stereocenters. The molecule has 0 aliphatic heterocycles. The van der Waals surface area contributed by atoms with Gasteiger partial charge in [-0.2, -0.15) is 0 Å². The van der Waals surface area contributed by atoms with Gasteiger partial charge in [0.15, 0.2) is 0 Å². The minimum Gasteiger partial charge on any atom is -0.390 e. The van der Waals surface area contributed by atoms with Crippen LogP contribution in [0.25, 0.3) is 0 Å². The predicted molar refractivity (Wildman–Crippen MR) is 81.8 cm³/mol. The lowest BCUT2D eigenvalue weighted by atomic mass is 9.95. The topological polar surface area (TPSA) is 75.4 Å². The van der Waals surface area contributed by atoms with Crippen molar-refractivity contribution in [2.75, 3.05) is 0 Å². The number of rotatable bonds is 4. The van der Waals surface area contributed by atoms with Crippen LogP contribution in [0.1, 0.15) is 43.9 Å². The summed E-state index contributed by atoms with van der Waals surface area (Å²) >= 11 is 0. The molecule has 0 heterocycles. The van der Waals surface area contributed by atoms with E-state index in [1.807, 2.05) is 31.2 Å². The van der Waals surface area contributed by atoms with Crippen molar-refractivity contribution in [3.63, 3.8) is 0 Å². The van der Waals surface area contributed by atoms with Crippen molar-refractivity contribution in [2.24, 2.45) is 5.73 Å². The van der Waals surface area contributed by atoms with Crippen molar-refractivity contribution < 1.29 is 9.90 Å². The average molecular weight is 299 g/mol. The summed E-state index contributed by atoms with van der Waals surface area (Å²) in [6.45, 7) is 3.73. The number of halogens is 1. The summed E-state index contributed by atoms with van der Waals surface area (Å²) in [5, 5.41) is 13.0. The van der Waals surface area contributed by atoms with Crippen LogP contribution in [0.15, 0.2) is 24.3 Å². The van der Waals surface area contributed by atoms with E-state index < -0.39 is 11.6 Å². The van der Waals surface area contributed by atoms with Gasteiger partial charge in [-0.3, -0.25) is 4.79 Å². The molecule has 112 valence electrons. The first-order chi connectivity index (χ1) is 8.95. The van der Waals surface area contributed by atoms with Crippen LogP contribution < -0.4 is 11.1 Å². The van der Waals surface area contributed by atoms with E-state index in [0.717, 1.165) is 17.5 Å². The second-order valence-electron chi connectivity index (χ2n) is 5.59. The summed E-state index contributed by atoms with van der Waals surface area (Å²) in [6.07, 6.45) is 1.49. The molecule has 0 saturated carbocycles. The lowest BCUT2D eigenvalue weighted by molar-refractivity contribution is -0.127. The number of aliphatic hydroxyl groups excluding tert-OH is 1. The number of benzene rings is 1.